The predicted octanol–water partition coefficient (Wildman–Crippen LogP) is 1.07. The largest absolute Gasteiger partial charge is 0.476 e. The number of morpholine rings is 2. The minimum atomic E-state index is -0.642. The fraction of sp³-hybridized carbons (Fsp3) is 0.520. The molecule has 1 aromatic carbocycles. The maximum atomic E-state index is 13.2. The molecule has 12 nitrogen and oxygen atoms in total. The summed E-state index contributed by atoms with van der Waals surface area (Å²) in [6, 6.07) is 6.20. The van der Waals surface area contributed by atoms with Crippen LogP contribution in [0.25, 0.3) is 0 Å². The average molecular weight is 513 g/mol. The summed E-state index contributed by atoms with van der Waals surface area (Å²) in [6.07, 6.45) is 1.65. The number of aryl methyl sites for hydroxylation is 1. The number of benzene rings is 1. The Hall–Kier alpha value is -3.48. The molecule has 0 spiro atoms. The number of carbonyl (C=O) groups is 2. The number of ether oxygens (including phenoxy) is 4. The van der Waals surface area contributed by atoms with Gasteiger partial charge in [0.15, 0.2) is 5.69 Å². The van der Waals surface area contributed by atoms with E-state index in [2.05, 4.69) is 14.9 Å². The van der Waals surface area contributed by atoms with Crippen LogP contribution >= 0.6 is 0 Å². The molecule has 0 unspecified atom stereocenters. The Morgan fingerprint density at radius 2 is 1.73 bits per heavy atom. The third kappa shape index (κ3) is 6.27. The highest BCUT2D eigenvalue weighted by Gasteiger charge is 2.24. The molecule has 4 heterocycles. The number of fused-ring (bicyclic) bond motifs is 1. The van der Waals surface area contributed by atoms with Gasteiger partial charge in [-0.3, -0.25) is 9.80 Å². The average Bonchev–Trinajstić information content (AvgIpc) is 2.93. The smallest absolute Gasteiger partial charge is 0.362 e. The molecule has 5 rings (SSSR count). The van der Waals surface area contributed by atoms with Crippen LogP contribution in [-0.2, 0) is 15.9 Å². The van der Waals surface area contributed by atoms with Gasteiger partial charge in [0, 0.05) is 51.4 Å². The van der Waals surface area contributed by atoms with E-state index in [1.165, 1.54) is 11.0 Å². The first-order valence-electron chi connectivity index (χ1n) is 12.6. The molecule has 3 aliphatic heterocycles. The van der Waals surface area contributed by atoms with Gasteiger partial charge >= 0.3 is 12.0 Å². The standard InChI is InChI=1S/C25H32N6O6/c26-24(33)31-5-1-2-18-3-4-19(16-21(18)31)37-23(32)20-17-22(36-15-8-29-6-11-34-12-7-29)28-25(27-20)30-9-13-35-14-10-30/h3-4,16-17H,1-2,5-15H2,(H2,26,33). The highest BCUT2D eigenvalue weighted by Crippen LogP contribution is 2.31. The number of anilines is 2. The number of nitrogens with two attached hydrogens (primary N) is 1. The molecule has 198 valence electrons. The lowest BCUT2D eigenvalue weighted by Gasteiger charge is -2.28. The Morgan fingerprint density at radius 1 is 0.973 bits per heavy atom. The molecule has 0 saturated carbocycles. The molecule has 2 amide bonds. The monoisotopic (exact) mass is 512 g/mol. The first kappa shape index (κ1) is 25.2. The number of nitrogens with zero attached hydrogens (tertiary/aromatic N) is 5. The summed E-state index contributed by atoms with van der Waals surface area (Å²) in [5.41, 5.74) is 7.27. The fourth-order valence-electron chi connectivity index (χ4n) is 4.61. The highest BCUT2D eigenvalue weighted by molar-refractivity contribution is 5.93. The van der Waals surface area contributed by atoms with E-state index < -0.39 is 12.0 Å². The maximum Gasteiger partial charge on any atom is 0.362 e. The van der Waals surface area contributed by atoms with Crippen molar-refractivity contribution in [2.75, 3.05) is 82.1 Å². The molecule has 2 N–H and O–H groups in total. The van der Waals surface area contributed by atoms with Crippen molar-refractivity contribution in [2.24, 2.45) is 5.73 Å². The number of esters is 1. The third-order valence-electron chi connectivity index (χ3n) is 6.61. The van der Waals surface area contributed by atoms with Gasteiger partial charge in [0.25, 0.3) is 0 Å². The van der Waals surface area contributed by atoms with Crippen LogP contribution in [0.5, 0.6) is 11.6 Å². The molecule has 2 aromatic rings. The van der Waals surface area contributed by atoms with Crippen LogP contribution in [0.3, 0.4) is 0 Å². The van der Waals surface area contributed by atoms with Gasteiger partial charge in [0.1, 0.15) is 12.4 Å². The van der Waals surface area contributed by atoms with E-state index in [-0.39, 0.29) is 5.69 Å². The van der Waals surface area contributed by atoms with Gasteiger partial charge in [0.05, 0.1) is 32.1 Å². The van der Waals surface area contributed by atoms with Gasteiger partial charge in [0.2, 0.25) is 11.8 Å². The van der Waals surface area contributed by atoms with Crippen LogP contribution in [0.1, 0.15) is 22.5 Å². The van der Waals surface area contributed by atoms with Crippen molar-refractivity contribution in [2.45, 2.75) is 12.8 Å². The topological polar surface area (TPSA) is 133 Å². The lowest BCUT2D eigenvalue weighted by atomic mass is 10.0. The zero-order valence-electron chi connectivity index (χ0n) is 20.8. The van der Waals surface area contributed by atoms with E-state index in [1.54, 1.807) is 12.1 Å². The zero-order valence-corrected chi connectivity index (χ0v) is 20.8. The molecule has 12 heteroatoms. The van der Waals surface area contributed by atoms with Crippen molar-refractivity contribution in [1.82, 2.24) is 14.9 Å². The molecule has 2 fully saturated rings. The SMILES string of the molecule is NC(=O)N1CCCc2ccc(OC(=O)c3cc(OCCN4CCOCC4)nc(N4CCOCC4)n3)cc21. The summed E-state index contributed by atoms with van der Waals surface area (Å²) in [5.74, 6) is 0.362. The number of hydrogen-bond acceptors (Lipinski definition) is 10. The van der Waals surface area contributed by atoms with Gasteiger partial charge in [-0.15, -0.1) is 0 Å². The van der Waals surface area contributed by atoms with Gasteiger partial charge in [-0.05, 0) is 24.5 Å². The van der Waals surface area contributed by atoms with Crippen LogP contribution in [0.4, 0.5) is 16.4 Å². The Morgan fingerprint density at radius 3 is 2.49 bits per heavy atom. The van der Waals surface area contributed by atoms with E-state index in [0.29, 0.717) is 75.9 Å². The van der Waals surface area contributed by atoms with Gasteiger partial charge < -0.3 is 29.6 Å². The molecule has 37 heavy (non-hydrogen) atoms. The van der Waals surface area contributed by atoms with E-state index in [4.69, 9.17) is 24.7 Å². The summed E-state index contributed by atoms with van der Waals surface area (Å²) in [6.45, 7) is 7.14. The Labute approximate surface area is 215 Å². The van der Waals surface area contributed by atoms with Crippen molar-refractivity contribution in [3.05, 3.63) is 35.5 Å². The second kappa shape index (κ2) is 11.7. The van der Waals surface area contributed by atoms with Crippen LogP contribution in [0.15, 0.2) is 24.3 Å². The quantitative estimate of drug-likeness (QED) is 0.424. The molecular formula is C25H32N6O6. The Balaban J connectivity index is 1.33. The van der Waals surface area contributed by atoms with Crippen molar-refractivity contribution in [3.63, 3.8) is 0 Å². The number of amides is 2. The van der Waals surface area contributed by atoms with Crippen LogP contribution in [0, 0.1) is 0 Å². The summed E-state index contributed by atoms with van der Waals surface area (Å²) in [4.78, 5) is 39.8. The van der Waals surface area contributed by atoms with E-state index in [9.17, 15) is 9.59 Å². The molecule has 1 aromatic heterocycles. The van der Waals surface area contributed by atoms with Crippen LogP contribution in [-0.4, -0.2) is 99.2 Å². The maximum absolute atomic E-state index is 13.2. The van der Waals surface area contributed by atoms with E-state index in [1.807, 2.05) is 11.0 Å². The molecule has 0 bridgehead atoms. The summed E-state index contributed by atoms with van der Waals surface area (Å²) in [7, 11) is 0. The second-order valence-corrected chi connectivity index (χ2v) is 9.07. The first-order valence-corrected chi connectivity index (χ1v) is 12.6. The molecule has 0 radical (unpaired) electrons. The predicted molar refractivity (Wildman–Crippen MR) is 134 cm³/mol. The fourth-order valence-corrected chi connectivity index (χ4v) is 4.61. The minimum Gasteiger partial charge on any atom is -0.476 e. The van der Waals surface area contributed by atoms with Gasteiger partial charge in [-0.2, -0.15) is 4.98 Å². The van der Waals surface area contributed by atoms with Gasteiger partial charge in [-0.25, -0.2) is 14.6 Å². The molecular weight excluding hydrogens is 480 g/mol. The Kier molecular flexibility index (Phi) is 7.97. The van der Waals surface area contributed by atoms with Crippen molar-refractivity contribution < 1.29 is 28.5 Å². The number of aromatic nitrogens is 2. The Bertz CT molecular complexity index is 1120. The van der Waals surface area contributed by atoms with Crippen molar-refractivity contribution in [1.29, 1.82) is 0 Å². The van der Waals surface area contributed by atoms with Gasteiger partial charge in [-0.1, -0.05) is 6.07 Å². The summed E-state index contributed by atoms with van der Waals surface area (Å²) >= 11 is 0. The lowest BCUT2D eigenvalue weighted by Crippen LogP contribution is -2.39. The molecule has 3 aliphatic rings. The van der Waals surface area contributed by atoms with Crippen molar-refractivity contribution in [3.8, 4) is 11.6 Å². The number of carbonyl (C=O) groups excluding carboxylic acids is 2. The number of hydrogen-bond donors (Lipinski definition) is 1. The zero-order chi connectivity index (χ0) is 25.6. The van der Waals surface area contributed by atoms with Crippen molar-refractivity contribution >= 4 is 23.6 Å². The summed E-state index contributed by atoms with van der Waals surface area (Å²) < 4.78 is 22.4. The molecule has 0 atom stereocenters. The lowest BCUT2D eigenvalue weighted by molar-refractivity contribution is 0.0319. The number of rotatable bonds is 7. The number of urea groups is 1. The van der Waals surface area contributed by atoms with Crippen LogP contribution < -0.4 is 25.0 Å². The van der Waals surface area contributed by atoms with E-state index >= 15 is 0 Å². The number of primary amides is 1. The molecule has 0 aliphatic carbocycles. The third-order valence-corrected chi connectivity index (χ3v) is 6.61. The first-order chi connectivity index (χ1) is 18.1. The minimum absolute atomic E-state index is 0.0855. The van der Waals surface area contributed by atoms with E-state index in [0.717, 1.165) is 38.0 Å². The highest BCUT2D eigenvalue weighted by atomic mass is 16.5. The normalized spacial score (nSPS) is 18.3. The molecule has 2 saturated heterocycles. The van der Waals surface area contributed by atoms with Crippen LogP contribution in [0.2, 0.25) is 0 Å². The second-order valence-electron chi connectivity index (χ2n) is 9.07. The summed E-state index contributed by atoms with van der Waals surface area (Å²) in [5, 5.41) is 0.